The maximum atomic E-state index is 10.6. The van der Waals surface area contributed by atoms with E-state index in [-0.39, 0.29) is 5.69 Å². The SMILES string of the molecule is Cc1nc(-n2cnc(C(=O)O)c2)sc1C. The molecule has 78 valence electrons. The van der Waals surface area contributed by atoms with Gasteiger partial charge in [-0.05, 0) is 13.8 Å². The fourth-order valence-electron chi connectivity index (χ4n) is 1.10. The number of aromatic carboxylic acids is 1. The number of hydrogen-bond acceptors (Lipinski definition) is 4. The van der Waals surface area contributed by atoms with Crippen LogP contribution in [0.2, 0.25) is 0 Å². The molecule has 0 fully saturated rings. The summed E-state index contributed by atoms with van der Waals surface area (Å²) >= 11 is 1.51. The molecule has 1 N–H and O–H groups in total. The van der Waals surface area contributed by atoms with Crippen molar-refractivity contribution in [2.45, 2.75) is 13.8 Å². The Morgan fingerprint density at radius 3 is 2.73 bits per heavy atom. The lowest BCUT2D eigenvalue weighted by Crippen LogP contribution is -1.95. The highest BCUT2D eigenvalue weighted by Crippen LogP contribution is 2.20. The van der Waals surface area contributed by atoms with Gasteiger partial charge in [0.1, 0.15) is 6.33 Å². The predicted octanol–water partition coefficient (Wildman–Crippen LogP) is 1.64. The maximum absolute atomic E-state index is 10.6. The van der Waals surface area contributed by atoms with Gasteiger partial charge in [0.05, 0.1) is 5.69 Å². The first-order valence-electron chi connectivity index (χ1n) is 4.29. The van der Waals surface area contributed by atoms with Gasteiger partial charge in [-0.2, -0.15) is 0 Å². The van der Waals surface area contributed by atoms with Crippen LogP contribution in [0, 0.1) is 13.8 Å². The molecule has 0 bridgehead atoms. The van der Waals surface area contributed by atoms with Gasteiger partial charge in [0, 0.05) is 11.1 Å². The van der Waals surface area contributed by atoms with Crippen LogP contribution in [-0.2, 0) is 0 Å². The summed E-state index contributed by atoms with van der Waals surface area (Å²) in [5.74, 6) is -1.03. The number of nitrogens with zero attached hydrogens (tertiary/aromatic N) is 3. The molecule has 2 aromatic rings. The number of hydrogen-bond donors (Lipinski definition) is 1. The lowest BCUT2D eigenvalue weighted by molar-refractivity contribution is 0.0691. The van der Waals surface area contributed by atoms with Gasteiger partial charge in [-0.15, -0.1) is 11.3 Å². The van der Waals surface area contributed by atoms with Gasteiger partial charge >= 0.3 is 5.97 Å². The fraction of sp³-hybridized carbons (Fsp3) is 0.222. The molecule has 15 heavy (non-hydrogen) atoms. The minimum atomic E-state index is -1.03. The zero-order valence-electron chi connectivity index (χ0n) is 8.26. The molecule has 0 aliphatic rings. The van der Waals surface area contributed by atoms with Crippen molar-refractivity contribution in [1.82, 2.24) is 14.5 Å². The van der Waals surface area contributed by atoms with E-state index < -0.39 is 5.97 Å². The van der Waals surface area contributed by atoms with Crippen LogP contribution >= 0.6 is 11.3 Å². The Hall–Kier alpha value is -1.69. The van der Waals surface area contributed by atoms with E-state index in [9.17, 15) is 4.79 Å². The van der Waals surface area contributed by atoms with Crippen LogP contribution in [0.1, 0.15) is 21.1 Å². The molecule has 2 aromatic heterocycles. The van der Waals surface area contributed by atoms with Crippen molar-refractivity contribution >= 4 is 17.3 Å². The summed E-state index contributed by atoms with van der Waals surface area (Å²) in [7, 11) is 0. The van der Waals surface area contributed by atoms with E-state index in [0.29, 0.717) is 0 Å². The van der Waals surface area contributed by atoms with Gasteiger partial charge in [0.25, 0.3) is 0 Å². The van der Waals surface area contributed by atoms with Crippen LogP contribution in [0.3, 0.4) is 0 Å². The zero-order chi connectivity index (χ0) is 11.0. The highest BCUT2D eigenvalue weighted by atomic mass is 32.1. The highest BCUT2D eigenvalue weighted by molar-refractivity contribution is 7.14. The monoisotopic (exact) mass is 223 g/mol. The van der Waals surface area contributed by atoms with E-state index in [2.05, 4.69) is 9.97 Å². The van der Waals surface area contributed by atoms with Crippen LogP contribution in [0.5, 0.6) is 0 Å². The van der Waals surface area contributed by atoms with Crippen LogP contribution in [0.25, 0.3) is 5.13 Å². The number of rotatable bonds is 2. The van der Waals surface area contributed by atoms with Gasteiger partial charge in [0.15, 0.2) is 10.8 Å². The van der Waals surface area contributed by atoms with E-state index in [4.69, 9.17) is 5.11 Å². The molecular weight excluding hydrogens is 214 g/mol. The molecule has 2 heterocycles. The summed E-state index contributed by atoms with van der Waals surface area (Å²) < 4.78 is 1.62. The van der Waals surface area contributed by atoms with E-state index in [0.717, 1.165) is 15.7 Å². The molecule has 0 saturated heterocycles. The predicted molar refractivity (Wildman–Crippen MR) is 55.7 cm³/mol. The second-order valence-corrected chi connectivity index (χ2v) is 4.29. The fourth-order valence-corrected chi connectivity index (χ4v) is 1.96. The average Bonchev–Trinajstić information content (AvgIpc) is 2.74. The van der Waals surface area contributed by atoms with E-state index in [1.54, 1.807) is 4.57 Å². The molecule has 0 amide bonds. The van der Waals surface area contributed by atoms with Crippen LogP contribution in [-0.4, -0.2) is 25.6 Å². The normalized spacial score (nSPS) is 10.5. The van der Waals surface area contributed by atoms with Gasteiger partial charge in [-0.3, -0.25) is 4.57 Å². The van der Waals surface area contributed by atoms with Crippen molar-refractivity contribution in [3.05, 3.63) is 28.8 Å². The van der Waals surface area contributed by atoms with Crippen molar-refractivity contribution in [1.29, 1.82) is 0 Å². The lowest BCUT2D eigenvalue weighted by Gasteiger charge is -1.91. The zero-order valence-corrected chi connectivity index (χ0v) is 9.08. The smallest absolute Gasteiger partial charge is 0.356 e. The maximum Gasteiger partial charge on any atom is 0.356 e. The summed E-state index contributed by atoms with van der Waals surface area (Å²) in [6.45, 7) is 3.90. The summed E-state index contributed by atoms with van der Waals surface area (Å²) in [5, 5.41) is 9.45. The third kappa shape index (κ3) is 1.75. The Bertz CT molecular complexity index is 496. The quantitative estimate of drug-likeness (QED) is 0.840. The minimum absolute atomic E-state index is 0.0282. The van der Waals surface area contributed by atoms with E-state index in [1.807, 2.05) is 13.8 Å². The number of aromatic nitrogens is 3. The van der Waals surface area contributed by atoms with Crippen molar-refractivity contribution in [3.8, 4) is 5.13 Å². The van der Waals surface area contributed by atoms with Crippen LogP contribution in [0.4, 0.5) is 0 Å². The third-order valence-electron chi connectivity index (χ3n) is 2.04. The van der Waals surface area contributed by atoms with Gasteiger partial charge in [0.2, 0.25) is 0 Å². The van der Waals surface area contributed by atoms with Crippen molar-refractivity contribution in [2.24, 2.45) is 0 Å². The molecule has 0 saturated carbocycles. The van der Waals surface area contributed by atoms with Crippen molar-refractivity contribution < 1.29 is 9.90 Å². The molecule has 0 aliphatic carbocycles. The van der Waals surface area contributed by atoms with E-state index >= 15 is 0 Å². The highest BCUT2D eigenvalue weighted by Gasteiger charge is 2.10. The number of carboxylic acids is 1. The Morgan fingerprint density at radius 1 is 1.53 bits per heavy atom. The lowest BCUT2D eigenvalue weighted by atomic mass is 10.4. The number of carboxylic acid groups (broad SMARTS) is 1. The molecule has 0 unspecified atom stereocenters. The second kappa shape index (κ2) is 3.47. The largest absolute Gasteiger partial charge is 0.476 e. The summed E-state index contributed by atoms with van der Waals surface area (Å²) in [6, 6.07) is 0. The molecular formula is C9H9N3O2S. The molecule has 0 aliphatic heterocycles. The number of thiazole rings is 1. The van der Waals surface area contributed by atoms with Gasteiger partial charge < -0.3 is 5.11 Å². The Kier molecular flexibility index (Phi) is 2.28. The average molecular weight is 223 g/mol. The molecule has 0 atom stereocenters. The van der Waals surface area contributed by atoms with Crippen molar-refractivity contribution in [2.75, 3.05) is 0 Å². The molecule has 2 rings (SSSR count). The number of imidazole rings is 1. The molecule has 5 nitrogen and oxygen atoms in total. The van der Waals surface area contributed by atoms with Crippen molar-refractivity contribution in [3.63, 3.8) is 0 Å². The first-order valence-corrected chi connectivity index (χ1v) is 5.11. The first kappa shape index (κ1) is 9.85. The molecule has 0 aromatic carbocycles. The molecule has 0 spiro atoms. The minimum Gasteiger partial charge on any atom is -0.476 e. The summed E-state index contributed by atoms with van der Waals surface area (Å²) in [4.78, 5) is 19.8. The third-order valence-corrected chi connectivity index (χ3v) is 3.13. The first-order chi connectivity index (χ1) is 7.08. The topological polar surface area (TPSA) is 68.0 Å². The number of aryl methyl sites for hydroxylation is 2. The van der Waals surface area contributed by atoms with Gasteiger partial charge in [-0.1, -0.05) is 0 Å². The Labute approximate surface area is 90.0 Å². The second-order valence-electron chi connectivity index (χ2n) is 3.11. The van der Waals surface area contributed by atoms with Crippen LogP contribution in [0.15, 0.2) is 12.5 Å². The number of carbonyl (C=O) groups is 1. The Balaban J connectivity index is 2.41. The van der Waals surface area contributed by atoms with Gasteiger partial charge in [-0.25, -0.2) is 14.8 Å². The molecule has 6 heteroatoms. The summed E-state index contributed by atoms with van der Waals surface area (Å²) in [6.07, 6.45) is 2.92. The standard InChI is InChI=1S/C9H9N3O2S/c1-5-6(2)15-9(11-5)12-3-7(8(13)14)10-4-12/h3-4H,1-2H3,(H,13,14). The Morgan fingerprint density at radius 2 is 2.27 bits per heavy atom. The van der Waals surface area contributed by atoms with E-state index in [1.165, 1.54) is 23.9 Å². The summed E-state index contributed by atoms with van der Waals surface area (Å²) in [5.41, 5.74) is 0.987. The van der Waals surface area contributed by atoms with Crippen LogP contribution < -0.4 is 0 Å². The molecule has 0 radical (unpaired) electrons.